The Morgan fingerprint density at radius 1 is 0.789 bits per heavy atom. The first-order chi connectivity index (χ1) is 36.8. The molecule has 2 aromatic heterocycles. The van der Waals surface area contributed by atoms with E-state index < -0.39 is 66.9 Å². The van der Waals surface area contributed by atoms with Crippen LogP contribution in [-0.4, -0.2) is 86.7 Å². The van der Waals surface area contributed by atoms with Crippen molar-refractivity contribution in [1.82, 2.24) is 29.2 Å². The number of nitriles is 1. The van der Waals surface area contributed by atoms with Gasteiger partial charge in [0.15, 0.2) is 11.9 Å². The largest absolute Gasteiger partial charge is 0.497 e. The molecule has 10 rings (SSSR count). The number of ketones is 1. The molecule has 1 fully saturated rings. The van der Waals surface area contributed by atoms with E-state index in [0.29, 0.717) is 28.2 Å². The average molecular weight is 1040 g/mol. The van der Waals surface area contributed by atoms with Gasteiger partial charge in [0, 0.05) is 29.9 Å². The van der Waals surface area contributed by atoms with Crippen molar-refractivity contribution in [3.05, 3.63) is 201 Å². The Kier molecular flexibility index (Phi) is 14.6. The molecule has 3 heterocycles. The number of methoxy groups -OCH3 is 2. The number of carbonyl (C=O) groups excluding carboxylic acids is 1. The SMILES string of the molecule is COc1ccc(C(OC[C@H]2O[C@@H](n3ccc(=O)[nH]c3=O)[C@H](n3cc(C(=O)c4ccc5ccc6cccc7ccc4c5c67)nn3)[C@@H]2OP(=O)(OCCC#N)N(C(C)C)C(C)C)(c2ccccc2)c2ccc(OC)cc2)cc1. The smallest absolute Gasteiger partial charge is 0.409 e. The standard InChI is InChI=1S/C58H56N7O10P/c1-36(2)65(37(3)4)76(69,73-33-11-31-59)75-55-49(35-72-58(41-14-8-7-9-15-41,42-20-24-44(70-5)25-21-42)43-22-26-45(71-6)27-23-43)74-56(63-32-30-50(66)60-57(63)68)53(55)64-34-48(61-62-64)54(67)47-29-19-40-17-16-38-12-10-13-39-18-28-46(47)52(40)51(38)39/h7-10,12-30,32,34,36-37,49,53,55-56H,11,33,35H2,1-6H3,(H,60,66,68)/t49-,53-,55-,56-,76?/m1/s1. The van der Waals surface area contributed by atoms with E-state index in [1.165, 1.54) is 27.7 Å². The number of nitrogens with zero attached hydrogens (tertiary/aromatic N) is 6. The third-order valence-electron chi connectivity index (χ3n) is 14.0. The van der Waals surface area contributed by atoms with Crippen LogP contribution in [0.4, 0.5) is 0 Å². The van der Waals surface area contributed by atoms with Crippen LogP contribution in [0.1, 0.15) is 79.1 Å². The Labute approximate surface area is 438 Å². The molecule has 388 valence electrons. The Morgan fingerprint density at radius 2 is 1.39 bits per heavy atom. The Morgan fingerprint density at radius 3 is 2.00 bits per heavy atom. The summed E-state index contributed by atoms with van der Waals surface area (Å²) < 4.78 is 58.8. The number of H-pyrrole nitrogens is 1. The highest BCUT2D eigenvalue weighted by atomic mass is 31.2. The van der Waals surface area contributed by atoms with Crippen molar-refractivity contribution in [3.63, 3.8) is 0 Å². The molecule has 18 heteroatoms. The van der Waals surface area contributed by atoms with Crippen LogP contribution in [0, 0.1) is 11.3 Å². The summed E-state index contributed by atoms with van der Waals surface area (Å²) in [6, 6.07) is 43.5. The van der Waals surface area contributed by atoms with Crippen molar-refractivity contribution in [1.29, 1.82) is 5.26 Å². The van der Waals surface area contributed by atoms with Gasteiger partial charge in [-0.2, -0.15) is 5.26 Å². The van der Waals surface area contributed by atoms with E-state index in [9.17, 15) is 19.6 Å². The molecule has 1 saturated heterocycles. The Hall–Kier alpha value is -7.81. The van der Waals surface area contributed by atoms with Crippen molar-refractivity contribution < 1.29 is 37.4 Å². The third-order valence-corrected chi connectivity index (χ3v) is 16.5. The number of nitrogens with one attached hydrogen (secondary N) is 1. The molecule has 0 saturated carbocycles. The van der Waals surface area contributed by atoms with Crippen LogP contribution >= 0.6 is 7.75 Å². The normalized spacial score (nSPS) is 17.7. The summed E-state index contributed by atoms with van der Waals surface area (Å²) in [5.74, 6) is 0.796. The summed E-state index contributed by atoms with van der Waals surface area (Å²) in [7, 11) is -1.31. The van der Waals surface area contributed by atoms with E-state index in [4.69, 9.17) is 28.0 Å². The summed E-state index contributed by atoms with van der Waals surface area (Å²) in [6.45, 7) is 6.83. The first-order valence-electron chi connectivity index (χ1n) is 25.0. The van der Waals surface area contributed by atoms with Crippen LogP contribution < -0.4 is 20.7 Å². The quantitative estimate of drug-likeness (QED) is 0.0248. The second-order valence-corrected chi connectivity index (χ2v) is 21.0. The number of hydrogen-bond acceptors (Lipinski definition) is 13. The molecule has 76 heavy (non-hydrogen) atoms. The summed E-state index contributed by atoms with van der Waals surface area (Å²) in [6.07, 6.45) is -1.38. The molecule has 0 amide bonds. The van der Waals surface area contributed by atoms with Gasteiger partial charge in [0.25, 0.3) is 5.56 Å². The molecule has 7 aromatic carbocycles. The monoisotopic (exact) mass is 1040 g/mol. The molecule has 9 aromatic rings. The molecular weight excluding hydrogens is 986 g/mol. The summed E-state index contributed by atoms with van der Waals surface area (Å²) in [5.41, 5.74) is -0.393. The van der Waals surface area contributed by atoms with Crippen molar-refractivity contribution >= 4 is 45.8 Å². The van der Waals surface area contributed by atoms with Gasteiger partial charge < -0.3 is 18.9 Å². The van der Waals surface area contributed by atoms with E-state index in [1.54, 1.807) is 25.0 Å². The third kappa shape index (κ3) is 9.49. The second kappa shape index (κ2) is 21.4. The lowest BCUT2D eigenvalue weighted by Crippen LogP contribution is -2.42. The fourth-order valence-electron chi connectivity index (χ4n) is 10.7. The number of rotatable bonds is 20. The van der Waals surface area contributed by atoms with Gasteiger partial charge in [-0.15, -0.1) is 5.10 Å². The van der Waals surface area contributed by atoms with E-state index in [1.807, 2.05) is 149 Å². The molecule has 1 unspecified atom stereocenters. The van der Waals surface area contributed by atoms with E-state index in [2.05, 4.69) is 27.4 Å². The minimum atomic E-state index is -4.48. The fourth-order valence-corrected chi connectivity index (χ4v) is 13.0. The number of ether oxygens (including phenoxy) is 4. The predicted octanol–water partition coefficient (Wildman–Crippen LogP) is 9.96. The lowest BCUT2D eigenvalue weighted by molar-refractivity contribution is -0.0943. The molecule has 0 aliphatic carbocycles. The molecule has 1 aliphatic rings. The maximum Gasteiger partial charge on any atom is 0.409 e. The van der Waals surface area contributed by atoms with Crippen LogP contribution in [0.15, 0.2) is 162 Å². The van der Waals surface area contributed by atoms with Gasteiger partial charge in [-0.1, -0.05) is 108 Å². The van der Waals surface area contributed by atoms with Gasteiger partial charge in [-0.25, -0.2) is 18.7 Å². The van der Waals surface area contributed by atoms with Crippen LogP contribution in [0.2, 0.25) is 0 Å². The molecule has 0 radical (unpaired) electrons. The number of aromatic nitrogens is 5. The number of hydrogen-bond donors (Lipinski definition) is 1. The van der Waals surface area contributed by atoms with Crippen LogP contribution in [-0.2, 0) is 28.7 Å². The average Bonchev–Trinajstić information content (AvgIpc) is 4.11. The Bertz CT molecular complexity index is 3670. The zero-order valence-corrected chi connectivity index (χ0v) is 43.6. The Balaban J connectivity index is 1.15. The first kappa shape index (κ1) is 51.7. The molecule has 0 bridgehead atoms. The van der Waals surface area contributed by atoms with Crippen LogP contribution in [0.25, 0.3) is 32.3 Å². The second-order valence-electron chi connectivity index (χ2n) is 19.1. The zero-order valence-electron chi connectivity index (χ0n) is 42.7. The maximum atomic E-state index is 15.9. The van der Waals surface area contributed by atoms with Gasteiger partial charge in [-0.3, -0.25) is 28.2 Å². The lowest BCUT2D eigenvalue weighted by Gasteiger charge is -2.39. The fraction of sp³-hybridized carbons (Fsp3) is 0.276. The van der Waals surface area contributed by atoms with E-state index in [-0.39, 0.29) is 25.3 Å². The molecule has 0 spiro atoms. The van der Waals surface area contributed by atoms with Gasteiger partial charge in [0.05, 0.1) is 46.1 Å². The summed E-state index contributed by atoms with van der Waals surface area (Å²) >= 11 is 0. The van der Waals surface area contributed by atoms with Gasteiger partial charge in [0.2, 0.25) is 5.78 Å². The molecule has 1 aliphatic heterocycles. The minimum Gasteiger partial charge on any atom is -0.497 e. The highest BCUT2D eigenvalue weighted by Crippen LogP contribution is 2.59. The molecular formula is C58H56N7O10P. The highest BCUT2D eigenvalue weighted by molar-refractivity contribution is 7.51. The van der Waals surface area contributed by atoms with Crippen molar-refractivity contribution in [2.24, 2.45) is 0 Å². The van der Waals surface area contributed by atoms with Crippen LogP contribution in [0.3, 0.4) is 0 Å². The summed E-state index contributed by atoms with van der Waals surface area (Å²) in [5, 5.41) is 24.4. The van der Waals surface area contributed by atoms with Crippen molar-refractivity contribution in [3.8, 4) is 17.6 Å². The number of benzene rings is 7. The first-order valence-corrected chi connectivity index (χ1v) is 26.5. The minimum absolute atomic E-state index is 0.0393. The van der Waals surface area contributed by atoms with E-state index in [0.717, 1.165) is 37.9 Å². The summed E-state index contributed by atoms with van der Waals surface area (Å²) in [4.78, 5) is 43.9. The zero-order chi connectivity index (χ0) is 53.3. The van der Waals surface area contributed by atoms with Crippen LogP contribution in [0.5, 0.6) is 11.5 Å². The van der Waals surface area contributed by atoms with Crippen molar-refractivity contribution in [2.45, 2.75) is 76.3 Å². The van der Waals surface area contributed by atoms with Gasteiger partial charge in [0.1, 0.15) is 35.3 Å². The maximum absolute atomic E-state index is 15.9. The van der Waals surface area contributed by atoms with Crippen molar-refractivity contribution in [2.75, 3.05) is 27.4 Å². The molecule has 5 atom stereocenters. The lowest BCUT2D eigenvalue weighted by atomic mass is 9.80. The predicted molar refractivity (Wildman–Crippen MR) is 287 cm³/mol. The van der Waals surface area contributed by atoms with Gasteiger partial charge >= 0.3 is 13.4 Å². The number of aromatic amines is 1. The molecule has 17 nitrogen and oxygen atoms in total. The number of carbonyl (C=O) groups is 1. The topological polar surface area (TPSA) is 202 Å². The van der Waals surface area contributed by atoms with Gasteiger partial charge in [-0.05, 0) is 107 Å². The highest BCUT2D eigenvalue weighted by Gasteiger charge is 2.54. The van der Waals surface area contributed by atoms with E-state index >= 15 is 4.57 Å². The molecule has 1 N–H and O–H groups in total.